The lowest BCUT2D eigenvalue weighted by Crippen LogP contribution is -2.10. The summed E-state index contributed by atoms with van der Waals surface area (Å²) in [5.41, 5.74) is 1.26. The van der Waals surface area contributed by atoms with Gasteiger partial charge < -0.3 is 23.7 Å². The van der Waals surface area contributed by atoms with Gasteiger partial charge in [-0.3, -0.25) is 4.79 Å². The molecular weight excluding hydrogens is 528 g/mol. The molecule has 3 aromatic carbocycles. The van der Waals surface area contributed by atoms with E-state index < -0.39 is 23.9 Å². The molecule has 9 heteroatoms. The van der Waals surface area contributed by atoms with Crippen molar-refractivity contribution in [2.45, 2.75) is 39.5 Å². The smallest absolute Gasteiger partial charge is 0.343 e. The van der Waals surface area contributed by atoms with Crippen molar-refractivity contribution in [3.63, 3.8) is 0 Å². The molecule has 0 heterocycles. The van der Waals surface area contributed by atoms with Crippen LogP contribution in [0.1, 0.15) is 58.9 Å². The third kappa shape index (κ3) is 10.3. The number of carbonyl (C=O) groups excluding carboxylic acids is 4. The first-order valence-corrected chi connectivity index (χ1v) is 13.1. The third-order valence-electron chi connectivity index (χ3n) is 5.72. The van der Waals surface area contributed by atoms with Crippen LogP contribution in [-0.2, 0) is 14.3 Å². The first-order valence-electron chi connectivity index (χ1n) is 13.1. The molecule has 0 saturated heterocycles. The maximum absolute atomic E-state index is 12.5. The van der Waals surface area contributed by atoms with Gasteiger partial charge in [-0.05, 0) is 105 Å². The Hall–Kier alpha value is -4.92. The zero-order valence-corrected chi connectivity index (χ0v) is 23.1. The van der Waals surface area contributed by atoms with E-state index in [1.54, 1.807) is 43.3 Å². The molecule has 0 bridgehead atoms. The minimum atomic E-state index is -0.591. The van der Waals surface area contributed by atoms with Gasteiger partial charge in [0.15, 0.2) is 0 Å². The van der Waals surface area contributed by atoms with Crippen molar-refractivity contribution < 1.29 is 42.9 Å². The van der Waals surface area contributed by atoms with Crippen LogP contribution in [-0.4, -0.2) is 37.1 Å². The quantitative estimate of drug-likeness (QED) is 0.101. The number of hydrogen-bond donors (Lipinski definition) is 0. The van der Waals surface area contributed by atoms with Gasteiger partial charge in [0.1, 0.15) is 23.0 Å². The number of esters is 4. The van der Waals surface area contributed by atoms with Crippen LogP contribution in [0.15, 0.2) is 79.4 Å². The zero-order valence-electron chi connectivity index (χ0n) is 23.1. The van der Waals surface area contributed by atoms with Crippen LogP contribution in [0.5, 0.6) is 23.0 Å². The van der Waals surface area contributed by atoms with Gasteiger partial charge in [-0.2, -0.15) is 0 Å². The Morgan fingerprint density at radius 1 is 0.683 bits per heavy atom. The van der Waals surface area contributed by atoms with Crippen molar-refractivity contribution in [3.05, 3.63) is 96.1 Å². The lowest BCUT2D eigenvalue weighted by Gasteiger charge is -2.09. The van der Waals surface area contributed by atoms with Gasteiger partial charge in [0.25, 0.3) is 0 Å². The predicted molar refractivity (Wildman–Crippen MR) is 150 cm³/mol. The highest BCUT2D eigenvalue weighted by molar-refractivity contribution is 5.92. The summed E-state index contributed by atoms with van der Waals surface area (Å²) in [5, 5.41) is 0. The fourth-order valence-electron chi connectivity index (χ4n) is 3.61. The average Bonchev–Trinajstić information content (AvgIpc) is 2.96. The van der Waals surface area contributed by atoms with E-state index in [1.165, 1.54) is 37.3 Å². The van der Waals surface area contributed by atoms with Gasteiger partial charge in [-0.1, -0.05) is 6.58 Å². The number of carbonyl (C=O) groups is 4. The number of ether oxygens (including phenoxy) is 5. The Kier molecular flexibility index (Phi) is 11.7. The number of benzene rings is 3. The van der Waals surface area contributed by atoms with E-state index in [1.807, 2.05) is 0 Å². The van der Waals surface area contributed by atoms with Crippen molar-refractivity contribution in [1.82, 2.24) is 0 Å². The van der Waals surface area contributed by atoms with Crippen molar-refractivity contribution in [1.29, 1.82) is 0 Å². The lowest BCUT2D eigenvalue weighted by atomic mass is 10.2. The summed E-state index contributed by atoms with van der Waals surface area (Å²) in [7, 11) is 0. The molecule has 3 aromatic rings. The molecule has 0 spiro atoms. The standard InChI is InChI=1S/C32H32O9/c1-4-30(34)38-20-8-6-5-7-19-37-26-13-9-24(10-14-26)31(35)40-27-15-11-25(12-16-27)32(36)41-28-17-18-29(22(2)21-28)39-23(3)33/h4,9-18,21H,1,5-8,19-20H2,2-3H3. The van der Waals surface area contributed by atoms with Crippen LogP contribution >= 0.6 is 0 Å². The monoisotopic (exact) mass is 560 g/mol. The summed E-state index contributed by atoms with van der Waals surface area (Å²) in [6, 6.07) is 17.3. The summed E-state index contributed by atoms with van der Waals surface area (Å²) in [5.74, 6) is -0.386. The fourth-order valence-corrected chi connectivity index (χ4v) is 3.61. The molecule has 0 radical (unpaired) electrons. The van der Waals surface area contributed by atoms with E-state index >= 15 is 0 Å². The predicted octanol–water partition coefficient (Wildman–Crippen LogP) is 6.03. The second kappa shape index (κ2) is 15.6. The minimum Gasteiger partial charge on any atom is -0.494 e. The van der Waals surface area contributed by atoms with Crippen molar-refractivity contribution >= 4 is 23.9 Å². The maximum Gasteiger partial charge on any atom is 0.343 e. The molecule has 0 N–H and O–H groups in total. The molecule has 41 heavy (non-hydrogen) atoms. The molecule has 9 nitrogen and oxygen atoms in total. The van der Waals surface area contributed by atoms with Crippen LogP contribution in [0.2, 0.25) is 0 Å². The van der Waals surface area contributed by atoms with Crippen LogP contribution in [0, 0.1) is 6.92 Å². The van der Waals surface area contributed by atoms with E-state index in [2.05, 4.69) is 6.58 Å². The molecule has 0 aliphatic heterocycles. The Morgan fingerprint density at radius 2 is 1.22 bits per heavy atom. The van der Waals surface area contributed by atoms with E-state index in [9.17, 15) is 19.2 Å². The summed E-state index contributed by atoms with van der Waals surface area (Å²) >= 11 is 0. The molecule has 0 fully saturated rings. The topological polar surface area (TPSA) is 114 Å². The molecule has 0 saturated carbocycles. The number of rotatable bonds is 14. The van der Waals surface area contributed by atoms with E-state index in [0.29, 0.717) is 41.6 Å². The highest BCUT2D eigenvalue weighted by atomic mass is 16.5. The molecular formula is C32H32O9. The van der Waals surface area contributed by atoms with Crippen molar-refractivity contribution in [3.8, 4) is 23.0 Å². The van der Waals surface area contributed by atoms with Gasteiger partial charge in [-0.25, -0.2) is 14.4 Å². The molecule has 0 aromatic heterocycles. The largest absolute Gasteiger partial charge is 0.494 e. The Balaban J connectivity index is 1.41. The number of unbranched alkanes of at least 4 members (excludes halogenated alkanes) is 3. The minimum absolute atomic E-state index is 0.268. The van der Waals surface area contributed by atoms with Crippen LogP contribution in [0.3, 0.4) is 0 Å². The second-order valence-corrected chi connectivity index (χ2v) is 8.98. The molecule has 0 amide bonds. The molecule has 0 unspecified atom stereocenters. The molecule has 0 atom stereocenters. The summed E-state index contributed by atoms with van der Waals surface area (Å²) in [6.07, 6.45) is 4.66. The highest BCUT2D eigenvalue weighted by Gasteiger charge is 2.13. The third-order valence-corrected chi connectivity index (χ3v) is 5.72. The van der Waals surface area contributed by atoms with E-state index in [4.69, 9.17) is 23.7 Å². The van der Waals surface area contributed by atoms with Gasteiger partial charge in [-0.15, -0.1) is 0 Å². The molecule has 3 rings (SSSR count). The fraction of sp³-hybridized carbons (Fsp3) is 0.250. The average molecular weight is 561 g/mol. The SMILES string of the molecule is C=CC(=O)OCCCCCCOc1ccc(C(=O)Oc2ccc(C(=O)Oc3ccc(OC(C)=O)c(C)c3)cc2)cc1. The molecule has 214 valence electrons. The van der Waals surface area contributed by atoms with Crippen molar-refractivity contribution in [2.75, 3.05) is 13.2 Å². The van der Waals surface area contributed by atoms with E-state index in [0.717, 1.165) is 31.8 Å². The van der Waals surface area contributed by atoms with Crippen LogP contribution < -0.4 is 18.9 Å². The lowest BCUT2D eigenvalue weighted by molar-refractivity contribution is -0.138. The van der Waals surface area contributed by atoms with Gasteiger partial charge in [0.05, 0.1) is 24.3 Å². The van der Waals surface area contributed by atoms with Crippen LogP contribution in [0.25, 0.3) is 0 Å². The normalized spacial score (nSPS) is 10.3. The van der Waals surface area contributed by atoms with Crippen LogP contribution in [0.4, 0.5) is 0 Å². The Morgan fingerprint density at radius 3 is 1.78 bits per heavy atom. The summed E-state index contributed by atoms with van der Waals surface area (Å²) < 4.78 is 26.5. The second-order valence-electron chi connectivity index (χ2n) is 8.98. The van der Waals surface area contributed by atoms with Gasteiger partial charge in [0, 0.05) is 13.0 Å². The number of aryl methyl sites for hydroxylation is 1. The summed E-state index contributed by atoms with van der Waals surface area (Å²) in [6.45, 7) is 7.31. The maximum atomic E-state index is 12.5. The van der Waals surface area contributed by atoms with E-state index in [-0.39, 0.29) is 11.3 Å². The first kappa shape index (κ1) is 30.6. The first-order chi connectivity index (χ1) is 19.7. The number of hydrogen-bond acceptors (Lipinski definition) is 9. The van der Waals surface area contributed by atoms with Crippen molar-refractivity contribution in [2.24, 2.45) is 0 Å². The summed E-state index contributed by atoms with van der Waals surface area (Å²) in [4.78, 5) is 47.2. The highest BCUT2D eigenvalue weighted by Crippen LogP contribution is 2.25. The molecule has 0 aliphatic carbocycles. The zero-order chi connectivity index (χ0) is 29.6. The van der Waals surface area contributed by atoms with Gasteiger partial charge in [0.2, 0.25) is 0 Å². The Bertz CT molecular complexity index is 1360. The Labute approximate surface area is 238 Å². The molecule has 0 aliphatic rings. The van der Waals surface area contributed by atoms with Gasteiger partial charge >= 0.3 is 23.9 Å².